The Morgan fingerprint density at radius 3 is 2.62 bits per heavy atom. The van der Waals surface area contributed by atoms with E-state index in [4.69, 9.17) is 4.74 Å². The fraction of sp³-hybridized carbons (Fsp3) is 0.632. The van der Waals surface area contributed by atoms with E-state index in [1.807, 2.05) is 0 Å². The third-order valence-corrected chi connectivity index (χ3v) is 4.09. The molecule has 0 aromatic carbocycles. The van der Waals surface area contributed by atoms with E-state index < -0.39 is 0 Å². The zero-order valence-electron chi connectivity index (χ0n) is 14.1. The Labute approximate surface area is 130 Å². The molecule has 21 heavy (non-hydrogen) atoms. The van der Waals surface area contributed by atoms with E-state index in [1.54, 1.807) is 0 Å². The van der Waals surface area contributed by atoms with Gasteiger partial charge in [0.1, 0.15) is 0 Å². The molecule has 0 aromatic rings. The van der Waals surface area contributed by atoms with Gasteiger partial charge in [-0.15, -0.1) is 0 Å². The van der Waals surface area contributed by atoms with Crippen molar-refractivity contribution in [3.05, 3.63) is 34.9 Å². The number of carbonyl (C=O) groups is 1. The number of methoxy groups -OCH3 is 1. The van der Waals surface area contributed by atoms with Crippen LogP contribution in [0.5, 0.6) is 0 Å². The summed E-state index contributed by atoms with van der Waals surface area (Å²) >= 11 is 0. The van der Waals surface area contributed by atoms with Crippen LogP contribution < -0.4 is 0 Å². The molecule has 0 amide bonds. The molecule has 0 spiro atoms. The molecular formula is C19H30O2. The van der Waals surface area contributed by atoms with E-state index in [9.17, 15) is 4.79 Å². The van der Waals surface area contributed by atoms with Crippen LogP contribution in [0.15, 0.2) is 34.9 Å². The van der Waals surface area contributed by atoms with Crippen molar-refractivity contribution in [1.29, 1.82) is 0 Å². The van der Waals surface area contributed by atoms with Gasteiger partial charge in [-0.25, -0.2) is 0 Å². The zero-order chi connectivity index (χ0) is 15.7. The molecule has 2 heteroatoms. The summed E-state index contributed by atoms with van der Waals surface area (Å²) in [7, 11) is 1.48. The van der Waals surface area contributed by atoms with Gasteiger partial charge in [-0.05, 0) is 65.7 Å². The third-order valence-electron chi connectivity index (χ3n) is 4.09. The number of rotatable bonds is 7. The minimum Gasteiger partial charge on any atom is -0.469 e. The lowest BCUT2D eigenvalue weighted by Crippen LogP contribution is -2.18. The molecule has 1 aliphatic carbocycles. The summed E-state index contributed by atoms with van der Waals surface area (Å²) in [5, 5.41) is 0. The highest BCUT2D eigenvalue weighted by Gasteiger charge is 2.21. The topological polar surface area (TPSA) is 26.3 Å². The highest BCUT2D eigenvalue weighted by molar-refractivity contribution is 5.72. The molecule has 1 aliphatic rings. The number of hydrogen-bond donors (Lipinski definition) is 0. The predicted molar refractivity (Wildman–Crippen MR) is 89.1 cm³/mol. The lowest BCUT2D eigenvalue weighted by molar-refractivity contribution is -0.145. The van der Waals surface area contributed by atoms with Gasteiger partial charge < -0.3 is 4.74 Å². The van der Waals surface area contributed by atoms with E-state index in [2.05, 4.69) is 39.0 Å². The van der Waals surface area contributed by atoms with Crippen LogP contribution in [0.1, 0.15) is 65.7 Å². The Hall–Kier alpha value is -1.31. The maximum absolute atomic E-state index is 11.5. The molecule has 2 nitrogen and oxygen atoms in total. The molecule has 0 radical (unpaired) electrons. The highest BCUT2D eigenvalue weighted by atomic mass is 16.5. The summed E-state index contributed by atoms with van der Waals surface area (Å²) in [6.45, 7) is 6.52. The SMILES string of the molecule is COC(=O)C1CC=C(CCC=C(C)CCC=C(C)C)CC1. The predicted octanol–water partition coefficient (Wildman–Crippen LogP) is 5.36. The van der Waals surface area contributed by atoms with Gasteiger partial charge >= 0.3 is 5.97 Å². The monoisotopic (exact) mass is 290 g/mol. The Morgan fingerprint density at radius 1 is 1.29 bits per heavy atom. The molecule has 118 valence electrons. The van der Waals surface area contributed by atoms with Crippen molar-refractivity contribution in [3.8, 4) is 0 Å². The average Bonchev–Trinajstić information content (AvgIpc) is 2.46. The van der Waals surface area contributed by atoms with Gasteiger partial charge in [-0.2, -0.15) is 0 Å². The van der Waals surface area contributed by atoms with Gasteiger partial charge in [-0.3, -0.25) is 4.79 Å². The summed E-state index contributed by atoms with van der Waals surface area (Å²) in [6.07, 6.45) is 14.3. The van der Waals surface area contributed by atoms with Crippen molar-refractivity contribution in [3.63, 3.8) is 0 Å². The van der Waals surface area contributed by atoms with Crippen LogP contribution in [0.4, 0.5) is 0 Å². The Balaban J connectivity index is 2.28. The zero-order valence-corrected chi connectivity index (χ0v) is 14.1. The average molecular weight is 290 g/mol. The Bertz CT molecular complexity index is 423. The van der Waals surface area contributed by atoms with E-state index in [0.717, 1.165) is 44.9 Å². The van der Waals surface area contributed by atoms with Crippen LogP contribution in [-0.4, -0.2) is 13.1 Å². The highest BCUT2D eigenvalue weighted by Crippen LogP contribution is 2.27. The van der Waals surface area contributed by atoms with E-state index in [0.29, 0.717) is 0 Å². The maximum Gasteiger partial charge on any atom is 0.308 e. The fourth-order valence-corrected chi connectivity index (χ4v) is 2.69. The molecular weight excluding hydrogens is 260 g/mol. The van der Waals surface area contributed by atoms with Crippen LogP contribution in [0.2, 0.25) is 0 Å². The van der Waals surface area contributed by atoms with Crippen LogP contribution >= 0.6 is 0 Å². The second-order valence-electron chi connectivity index (χ2n) is 6.27. The minimum absolute atomic E-state index is 0.0553. The molecule has 0 heterocycles. The van der Waals surface area contributed by atoms with E-state index in [-0.39, 0.29) is 11.9 Å². The smallest absolute Gasteiger partial charge is 0.308 e. The normalized spacial score (nSPS) is 19.0. The van der Waals surface area contributed by atoms with Crippen LogP contribution in [0.3, 0.4) is 0 Å². The minimum atomic E-state index is -0.0553. The molecule has 1 atom stereocenters. The lowest BCUT2D eigenvalue weighted by atomic mass is 9.88. The van der Waals surface area contributed by atoms with Gasteiger partial charge in [0.2, 0.25) is 0 Å². The first-order valence-corrected chi connectivity index (χ1v) is 8.07. The fourth-order valence-electron chi connectivity index (χ4n) is 2.69. The number of carbonyl (C=O) groups excluding carboxylic acids is 1. The molecule has 0 saturated carbocycles. The van der Waals surface area contributed by atoms with Crippen molar-refractivity contribution in [2.75, 3.05) is 7.11 Å². The van der Waals surface area contributed by atoms with Gasteiger partial charge in [0.05, 0.1) is 13.0 Å². The number of ether oxygens (including phenoxy) is 1. The molecule has 0 fully saturated rings. The summed E-state index contributed by atoms with van der Waals surface area (Å²) < 4.78 is 4.81. The van der Waals surface area contributed by atoms with E-state index >= 15 is 0 Å². The Kier molecular flexibility index (Phi) is 8.11. The van der Waals surface area contributed by atoms with Gasteiger partial charge in [0, 0.05) is 0 Å². The maximum atomic E-state index is 11.5. The molecule has 0 bridgehead atoms. The summed E-state index contributed by atoms with van der Waals surface area (Å²) in [5.41, 5.74) is 4.38. The first kappa shape index (κ1) is 17.7. The van der Waals surface area contributed by atoms with Crippen molar-refractivity contribution < 1.29 is 9.53 Å². The third kappa shape index (κ3) is 7.31. The van der Waals surface area contributed by atoms with Crippen molar-refractivity contribution in [2.45, 2.75) is 65.7 Å². The quantitative estimate of drug-likeness (QED) is 0.466. The molecule has 0 aromatic heterocycles. The standard InChI is InChI=1S/C19H30O2/c1-15(2)7-5-8-16(3)9-6-10-17-11-13-18(14-12-17)19(20)21-4/h7,9,11,18H,5-6,8,10,12-14H2,1-4H3. The van der Waals surface area contributed by atoms with Crippen molar-refractivity contribution in [1.82, 2.24) is 0 Å². The molecule has 0 aliphatic heterocycles. The number of allylic oxidation sites excluding steroid dienone is 6. The summed E-state index contributed by atoms with van der Waals surface area (Å²) in [6, 6.07) is 0. The van der Waals surface area contributed by atoms with Gasteiger partial charge in [0.25, 0.3) is 0 Å². The Morgan fingerprint density at radius 2 is 2.05 bits per heavy atom. The van der Waals surface area contributed by atoms with Gasteiger partial charge in [-0.1, -0.05) is 34.9 Å². The second kappa shape index (κ2) is 9.59. The lowest BCUT2D eigenvalue weighted by Gasteiger charge is -2.19. The molecule has 0 saturated heterocycles. The van der Waals surface area contributed by atoms with E-state index in [1.165, 1.54) is 23.8 Å². The van der Waals surface area contributed by atoms with Crippen LogP contribution in [-0.2, 0) is 9.53 Å². The summed E-state index contributed by atoms with van der Waals surface area (Å²) in [4.78, 5) is 11.5. The molecule has 1 rings (SSSR count). The second-order valence-corrected chi connectivity index (χ2v) is 6.27. The molecule has 0 N–H and O–H groups in total. The number of hydrogen-bond acceptors (Lipinski definition) is 2. The first-order chi connectivity index (χ1) is 10.0. The molecule has 1 unspecified atom stereocenters. The van der Waals surface area contributed by atoms with Crippen LogP contribution in [0, 0.1) is 5.92 Å². The number of esters is 1. The van der Waals surface area contributed by atoms with Crippen LogP contribution in [0.25, 0.3) is 0 Å². The van der Waals surface area contributed by atoms with Crippen molar-refractivity contribution >= 4 is 5.97 Å². The summed E-state index contributed by atoms with van der Waals surface area (Å²) in [5.74, 6) is 0.0282. The van der Waals surface area contributed by atoms with Crippen molar-refractivity contribution in [2.24, 2.45) is 5.92 Å². The van der Waals surface area contributed by atoms with Gasteiger partial charge in [0.15, 0.2) is 0 Å². The first-order valence-electron chi connectivity index (χ1n) is 8.07. The largest absolute Gasteiger partial charge is 0.469 e.